The van der Waals surface area contributed by atoms with Crippen molar-refractivity contribution in [3.63, 3.8) is 0 Å². The average Bonchev–Trinajstić information content (AvgIpc) is 2.72. The van der Waals surface area contributed by atoms with Crippen LogP contribution in [0.4, 0.5) is 20.2 Å². The molecule has 31 heavy (non-hydrogen) atoms. The highest BCUT2D eigenvalue weighted by molar-refractivity contribution is 7.95. The molecule has 0 unspecified atom stereocenters. The predicted octanol–water partition coefficient (Wildman–Crippen LogP) is 3.44. The van der Waals surface area contributed by atoms with Gasteiger partial charge in [0.15, 0.2) is 11.6 Å². The molecule has 3 rings (SSSR count). The van der Waals surface area contributed by atoms with Crippen LogP contribution >= 0.6 is 0 Å². The molecule has 2 aromatic heterocycles. The predicted molar refractivity (Wildman–Crippen MR) is 114 cm³/mol. The molecule has 0 atom stereocenters. The molecule has 0 fully saturated rings. The molecule has 162 valence electrons. The van der Waals surface area contributed by atoms with Crippen LogP contribution < -0.4 is 20.3 Å². The van der Waals surface area contributed by atoms with Crippen molar-refractivity contribution in [1.82, 2.24) is 9.55 Å². The van der Waals surface area contributed by atoms with E-state index in [-0.39, 0.29) is 34.1 Å². The first-order chi connectivity index (χ1) is 14.6. The maximum absolute atomic E-state index is 14.1. The summed E-state index contributed by atoms with van der Waals surface area (Å²) in [6.45, 7) is 3.23. The molecule has 0 bridgehead atoms. The van der Waals surface area contributed by atoms with Crippen LogP contribution in [0.15, 0.2) is 59.5 Å². The number of sulfonamides is 1. The summed E-state index contributed by atoms with van der Waals surface area (Å²) in [4.78, 5) is 16.3. The fraction of sp³-hybridized carbons (Fsp3) is 0.100. The molecule has 2 N–H and O–H groups in total. The van der Waals surface area contributed by atoms with Crippen LogP contribution in [0, 0.1) is 11.6 Å². The molecule has 0 saturated heterocycles. The Balaban J connectivity index is 2.18. The van der Waals surface area contributed by atoms with E-state index in [2.05, 4.69) is 21.6 Å². The van der Waals surface area contributed by atoms with Crippen molar-refractivity contribution in [2.45, 2.75) is 0 Å². The van der Waals surface area contributed by atoms with E-state index in [9.17, 15) is 22.0 Å². The Morgan fingerprint density at radius 2 is 1.97 bits per heavy atom. The zero-order chi connectivity index (χ0) is 22.8. The van der Waals surface area contributed by atoms with Gasteiger partial charge in [-0.05, 0) is 24.3 Å². The van der Waals surface area contributed by atoms with Gasteiger partial charge in [0.2, 0.25) is 5.88 Å². The third-order valence-corrected chi connectivity index (χ3v) is 5.15. The standard InChI is InChI=1S/C20H18F2N4O4S/c1-4-31(28,29)25-14-9-15(12-7-17(23-2)20(27)26(3)11-12)19(24-10-14)30-18-6-5-13(21)8-16(18)22/h4-11,23,25H,1H2,2-3H3. The monoisotopic (exact) mass is 448 g/mol. The van der Waals surface area contributed by atoms with Gasteiger partial charge >= 0.3 is 0 Å². The summed E-state index contributed by atoms with van der Waals surface area (Å²) in [7, 11) is -0.718. The third-order valence-electron chi connectivity index (χ3n) is 4.19. The molecule has 1 aromatic carbocycles. The molecule has 0 spiro atoms. The second-order valence-corrected chi connectivity index (χ2v) is 8.00. The highest BCUT2D eigenvalue weighted by Crippen LogP contribution is 2.35. The van der Waals surface area contributed by atoms with Crippen LogP contribution in [0.2, 0.25) is 0 Å². The van der Waals surface area contributed by atoms with Gasteiger partial charge in [0.05, 0.1) is 11.9 Å². The minimum Gasteiger partial charge on any atom is -0.435 e. The lowest BCUT2D eigenvalue weighted by Gasteiger charge is -2.15. The second kappa shape index (κ2) is 8.56. The van der Waals surface area contributed by atoms with Crippen LogP contribution in [0.3, 0.4) is 0 Å². The zero-order valence-corrected chi connectivity index (χ0v) is 17.3. The van der Waals surface area contributed by atoms with Crippen molar-refractivity contribution >= 4 is 21.4 Å². The number of aryl methyl sites for hydroxylation is 1. The van der Waals surface area contributed by atoms with E-state index in [1.165, 1.54) is 36.1 Å². The first-order valence-corrected chi connectivity index (χ1v) is 10.3. The number of hydrogen-bond donors (Lipinski definition) is 2. The Labute approximate surface area is 176 Å². The number of rotatable bonds is 7. The van der Waals surface area contributed by atoms with E-state index in [0.29, 0.717) is 11.6 Å². The first-order valence-electron chi connectivity index (χ1n) is 8.80. The van der Waals surface area contributed by atoms with Crippen molar-refractivity contribution in [2.24, 2.45) is 7.05 Å². The van der Waals surface area contributed by atoms with Gasteiger partial charge in [-0.25, -0.2) is 22.2 Å². The number of nitrogens with one attached hydrogen (secondary N) is 2. The SMILES string of the molecule is C=CS(=O)(=O)Nc1cnc(Oc2ccc(F)cc2F)c(-c2cc(NC)c(=O)n(C)c2)c1. The molecule has 3 aromatic rings. The van der Waals surface area contributed by atoms with Crippen LogP contribution in [0.1, 0.15) is 0 Å². The van der Waals surface area contributed by atoms with Gasteiger partial charge in [0.1, 0.15) is 11.5 Å². The van der Waals surface area contributed by atoms with Crippen molar-refractivity contribution in [3.8, 4) is 22.8 Å². The molecule has 0 amide bonds. The minimum absolute atomic E-state index is 0.0849. The molecule has 0 aliphatic heterocycles. The molecule has 8 nitrogen and oxygen atoms in total. The van der Waals surface area contributed by atoms with Crippen LogP contribution in [0.5, 0.6) is 11.6 Å². The smallest absolute Gasteiger partial charge is 0.273 e. The van der Waals surface area contributed by atoms with E-state index < -0.39 is 21.7 Å². The third kappa shape index (κ3) is 4.89. The Kier molecular flexibility index (Phi) is 6.07. The quantitative estimate of drug-likeness (QED) is 0.574. The largest absolute Gasteiger partial charge is 0.435 e. The zero-order valence-electron chi connectivity index (χ0n) is 16.5. The fourth-order valence-corrected chi connectivity index (χ4v) is 3.23. The number of halogens is 2. The van der Waals surface area contributed by atoms with Gasteiger partial charge in [0.25, 0.3) is 15.6 Å². The van der Waals surface area contributed by atoms with Gasteiger partial charge in [-0.15, -0.1) is 0 Å². The summed E-state index contributed by atoms with van der Waals surface area (Å²) in [6, 6.07) is 5.70. The topological polar surface area (TPSA) is 102 Å². The minimum atomic E-state index is -3.82. The van der Waals surface area contributed by atoms with E-state index in [1.807, 2.05) is 0 Å². The number of anilines is 2. The Hall–Kier alpha value is -3.73. The van der Waals surface area contributed by atoms with Crippen molar-refractivity contribution in [2.75, 3.05) is 17.1 Å². The molecule has 0 saturated carbocycles. The van der Waals surface area contributed by atoms with Crippen molar-refractivity contribution in [3.05, 3.63) is 76.7 Å². The summed E-state index contributed by atoms with van der Waals surface area (Å²) < 4.78 is 60.1. The lowest BCUT2D eigenvalue weighted by Crippen LogP contribution is -2.19. The second-order valence-electron chi connectivity index (χ2n) is 6.38. The Morgan fingerprint density at radius 3 is 2.61 bits per heavy atom. The van der Waals surface area contributed by atoms with E-state index in [1.54, 1.807) is 7.05 Å². The number of hydrogen-bond acceptors (Lipinski definition) is 6. The molecular weight excluding hydrogens is 430 g/mol. The number of nitrogens with zero attached hydrogens (tertiary/aromatic N) is 2. The maximum atomic E-state index is 14.1. The number of pyridine rings is 2. The van der Waals surface area contributed by atoms with Gasteiger partial charge in [-0.3, -0.25) is 9.52 Å². The van der Waals surface area contributed by atoms with Crippen LogP contribution in [-0.4, -0.2) is 25.0 Å². The van der Waals surface area contributed by atoms with Crippen molar-refractivity contribution < 1.29 is 21.9 Å². The summed E-state index contributed by atoms with van der Waals surface area (Å²) in [6.07, 6.45) is 2.65. The van der Waals surface area contributed by atoms with Crippen LogP contribution in [-0.2, 0) is 17.1 Å². The van der Waals surface area contributed by atoms with Gasteiger partial charge in [-0.1, -0.05) is 6.58 Å². The summed E-state index contributed by atoms with van der Waals surface area (Å²) in [5.41, 5.74) is 0.726. The van der Waals surface area contributed by atoms with Crippen molar-refractivity contribution in [1.29, 1.82) is 0 Å². The average molecular weight is 448 g/mol. The van der Waals surface area contributed by atoms with E-state index >= 15 is 0 Å². The maximum Gasteiger partial charge on any atom is 0.273 e. The highest BCUT2D eigenvalue weighted by atomic mass is 32.2. The lowest BCUT2D eigenvalue weighted by atomic mass is 10.1. The highest BCUT2D eigenvalue weighted by Gasteiger charge is 2.17. The molecule has 0 aliphatic carbocycles. The summed E-state index contributed by atoms with van der Waals surface area (Å²) in [5, 5.41) is 3.50. The lowest BCUT2D eigenvalue weighted by molar-refractivity contribution is 0.425. The van der Waals surface area contributed by atoms with E-state index in [4.69, 9.17) is 4.74 Å². The van der Waals surface area contributed by atoms with Gasteiger partial charge in [0, 0.05) is 42.9 Å². The van der Waals surface area contributed by atoms with Gasteiger partial charge < -0.3 is 14.6 Å². The number of ether oxygens (including phenoxy) is 1. The normalized spacial score (nSPS) is 11.1. The Morgan fingerprint density at radius 1 is 1.23 bits per heavy atom. The molecule has 0 radical (unpaired) electrons. The van der Waals surface area contributed by atoms with E-state index in [0.717, 1.165) is 17.5 Å². The molecular formula is C20H18F2N4O4S. The van der Waals surface area contributed by atoms with Gasteiger partial charge in [-0.2, -0.15) is 0 Å². The first kappa shape index (κ1) is 22.0. The fourth-order valence-electron chi connectivity index (χ4n) is 2.70. The molecule has 2 heterocycles. The number of benzene rings is 1. The Bertz CT molecular complexity index is 1320. The molecule has 0 aliphatic rings. The summed E-state index contributed by atoms with van der Waals surface area (Å²) in [5.74, 6) is -2.09. The number of aromatic nitrogens is 2. The molecule has 11 heteroatoms. The summed E-state index contributed by atoms with van der Waals surface area (Å²) >= 11 is 0. The van der Waals surface area contributed by atoms with Crippen LogP contribution in [0.25, 0.3) is 11.1 Å².